The smallest absolute Gasteiger partial charge is 0.322 e. The molecule has 1 aromatic carbocycles. The molecule has 1 atom stereocenters. The summed E-state index contributed by atoms with van der Waals surface area (Å²) in [6.07, 6.45) is -0.296. The number of rotatable bonds is 7. The van der Waals surface area contributed by atoms with Gasteiger partial charge in [0.2, 0.25) is 5.88 Å². The molecule has 0 spiro atoms. The zero-order chi connectivity index (χ0) is 24.8. The normalized spacial score (nSPS) is 14.3. The Bertz CT molecular complexity index is 1020. The van der Waals surface area contributed by atoms with Crippen molar-refractivity contribution in [3.8, 4) is 17.4 Å². The molecule has 3 rings (SSSR count). The van der Waals surface area contributed by atoms with Crippen LogP contribution in [0.25, 0.3) is 0 Å². The summed E-state index contributed by atoms with van der Waals surface area (Å²) >= 11 is 5.06. The summed E-state index contributed by atoms with van der Waals surface area (Å²) in [5.41, 5.74) is 3.07. The fourth-order valence-corrected chi connectivity index (χ4v) is 4.05. The Morgan fingerprint density at radius 3 is 2.18 bits per heavy atom. The van der Waals surface area contributed by atoms with E-state index in [0.717, 1.165) is 28.4 Å². The third-order valence-electron chi connectivity index (χ3n) is 5.70. The highest BCUT2D eigenvalue weighted by Gasteiger charge is 2.24. The first-order chi connectivity index (χ1) is 16.2. The van der Waals surface area contributed by atoms with E-state index in [2.05, 4.69) is 15.2 Å². The number of ether oxygens (including phenoxy) is 4. The maximum atomic E-state index is 13.0. The van der Waals surface area contributed by atoms with E-state index in [-0.39, 0.29) is 12.1 Å². The van der Waals surface area contributed by atoms with Crippen molar-refractivity contribution in [3.05, 3.63) is 35.5 Å². The van der Waals surface area contributed by atoms with Gasteiger partial charge in [0.1, 0.15) is 23.3 Å². The number of carbonyl (C=O) groups is 1. The lowest BCUT2D eigenvalue weighted by molar-refractivity contribution is 0.207. The molecule has 1 aliphatic rings. The van der Waals surface area contributed by atoms with Gasteiger partial charge in [-0.1, -0.05) is 0 Å². The van der Waals surface area contributed by atoms with Gasteiger partial charge in [-0.2, -0.15) is 0 Å². The van der Waals surface area contributed by atoms with E-state index in [1.165, 1.54) is 7.11 Å². The number of anilines is 2. The molecule has 0 radical (unpaired) electrons. The molecule has 1 saturated heterocycles. The molecule has 1 fully saturated rings. The molecule has 1 N–H and O–H groups in total. The van der Waals surface area contributed by atoms with Gasteiger partial charge in [-0.15, -0.1) is 0 Å². The average Bonchev–Trinajstić information content (AvgIpc) is 2.83. The number of pyridine rings is 1. The Balaban J connectivity index is 1.70. The van der Waals surface area contributed by atoms with Crippen LogP contribution in [0.3, 0.4) is 0 Å². The van der Waals surface area contributed by atoms with Crippen LogP contribution in [0.5, 0.6) is 17.4 Å². The third kappa shape index (κ3) is 5.99. The maximum absolute atomic E-state index is 13.0. The van der Waals surface area contributed by atoms with Crippen molar-refractivity contribution in [2.75, 3.05) is 57.7 Å². The van der Waals surface area contributed by atoms with E-state index < -0.39 is 0 Å². The van der Waals surface area contributed by atoms with Crippen LogP contribution >= 0.6 is 12.2 Å². The predicted molar refractivity (Wildman–Crippen MR) is 136 cm³/mol. The summed E-state index contributed by atoms with van der Waals surface area (Å²) in [5.74, 6) is 1.81. The molecule has 2 heterocycles. The van der Waals surface area contributed by atoms with E-state index >= 15 is 0 Å². The molecular formula is C24H32N4O5S. The Morgan fingerprint density at radius 1 is 1.03 bits per heavy atom. The monoisotopic (exact) mass is 488 g/mol. The molecule has 1 aromatic heterocycles. The minimum Gasteiger partial charge on any atom is -0.497 e. The third-order valence-corrected chi connectivity index (χ3v) is 5.80. The second-order valence-corrected chi connectivity index (χ2v) is 8.52. The Morgan fingerprint density at radius 2 is 1.65 bits per heavy atom. The zero-order valence-electron chi connectivity index (χ0n) is 20.5. The first kappa shape index (κ1) is 25.4. The number of urea groups is 1. The first-order valence-corrected chi connectivity index (χ1v) is 11.4. The zero-order valence-corrected chi connectivity index (χ0v) is 21.3. The molecule has 2 aromatic rings. The quantitative estimate of drug-likeness (QED) is 0.581. The number of amides is 2. The SMILES string of the molecule is COc1cc(OC)cc(N2CCN(C(=O)Nc3cc(C(C)OC(C)=S)c(C)nc3OC)CC2)c1. The molecule has 1 aliphatic heterocycles. The number of aromatic nitrogens is 1. The maximum Gasteiger partial charge on any atom is 0.322 e. The van der Waals surface area contributed by atoms with Crippen LogP contribution in [0.15, 0.2) is 24.3 Å². The highest BCUT2D eigenvalue weighted by atomic mass is 32.1. The number of hydrogen-bond donors (Lipinski definition) is 1. The van der Waals surface area contributed by atoms with Crippen LogP contribution in [0, 0.1) is 6.92 Å². The number of methoxy groups -OCH3 is 3. The molecule has 34 heavy (non-hydrogen) atoms. The summed E-state index contributed by atoms with van der Waals surface area (Å²) in [6.45, 7) is 7.96. The minimum atomic E-state index is -0.296. The minimum absolute atomic E-state index is 0.211. The van der Waals surface area contributed by atoms with E-state index in [1.54, 1.807) is 26.0 Å². The first-order valence-electron chi connectivity index (χ1n) is 11.0. The number of carbonyl (C=O) groups excluding carboxylic acids is 1. The van der Waals surface area contributed by atoms with Gasteiger partial charge in [0.25, 0.3) is 0 Å². The largest absolute Gasteiger partial charge is 0.497 e. The van der Waals surface area contributed by atoms with Crippen LogP contribution in [0.2, 0.25) is 0 Å². The molecular weight excluding hydrogens is 456 g/mol. The van der Waals surface area contributed by atoms with Crippen molar-refractivity contribution < 1.29 is 23.7 Å². The van der Waals surface area contributed by atoms with Gasteiger partial charge in [0.15, 0.2) is 5.05 Å². The summed E-state index contributed by atoms with van der Waals surface area (Å²) in [7, 11) is 4.78. The van der Waals surface area contributed by atoms with E-state index in [4.69, 9.17) is 31.2 Å². The lowest BCUT2D eigenvalue weighted by Gasteiger charge is -2.36. The Labute approximate surface area is 205 Å². The Kier molecular flexibility index (Phi) is 8.38. The standard InChI is InChI=1S/C24H32N4O5S/c1-15-21(16(2)33-17(3)34)14-22(23(25-15)32-6)26-24(29)28-9-7-27(8-10-28)18-11-19(30-4)13-20(12-18)31-5/h11-14,16H,7-10H2,1-6H3,(H,26,29). The molecule has 10 heteroatoms. The molecule has 0 aliphatic carbocycles. The number of nitrogens with one attached hydrogen (secondary N) is 1. The number of benzene rings is 1. The van der Waals surface area contributed by atoms with E-state index in [1.807, 2.05) is 38.1 Å². The fraction of sp³-hybridized carbons (Fsp3) is 0.458. The average molecular weight is 489 g/mol. The Hall–Kier alpha value is -3.27. The molecule has 1 unspecified atom stereocenters. The summed E-state index contributed by atoms with van der Waals surface area (Å²) < 4.78 is 21.8. The van der Waals surface area contributed by atoms with E-state index in [0.29, 0.717) is 42.8 Å². The number of nitrogens with zero attached hydrogens (tertiary/aromatic N) is 3. The summed E-state index contributed by atoms with van der Waals surface area (Å²) in [5, 5.41) is 3.39. The van der Waals surface area contributed by atoms with Crippen LogP contribution in [0.1, 0.15) is 31.2 Å². The van der Waals surface area contributed by atoms with Crippen LogP contribution in [0.4, 0.5) is 16.2 Å². The number of thiocarbonyl (C=S) groups is 1. The summed E-state index contributed by atoms with van der Waals surface area (Å²) in [4.78, 5) is 21.5. The lowest BCUT2D eigenvalue weighted by atomic mass is 10.1. The molecule has 2 amide bonds. The van der Waals surface area contributed by atoms with Crippen LogP contribution in [-0.2, 0) is 4.74 Å². The second kappa shape index (κ2) is 11.2. The number of piperazine rings is 1. The van der Waals surface area contributed by atoms with E-state index in [9.17, 15) is 4.79 Å². The fourth-order valence-electron chi connectivity index (χ4n) is 3.90. The van der Waals surface area contributed by atoms with Gasteiger partial charge in [-0.25, -0.2) is 9.78 Å². The van der Waals surface area contributed by atoms with Gasteiger partial charge in [0, 0.05) is 68.2 Å². The van der Waals surface area contributed by atoms with Crippen LogP contribution < -0.4 is 24.4 Å². The van der Waals surface area contributed by atoms with Crippen molar-refractivity contribution in [2.45, 2.75) is 26.9 Å². The number of aryl methyl sites for hydroxylation is 1. The van der Waals surface area contributed by atoms with Crippen molar-refractivity contribution in [2.24, 2.45) is 0 Å². The summed E-state index contributed by atoms with van der Waals surface area (Å²) in [6, 6.07) is 7.39. The van der Waals surface area contributed by atoms with Crippen LogP contribution in [-0.4, -0.2) is 68.5 Å². The van der Waals surface area contributed by atoms with Crippen molar-refractivity contribution in [1.29, 1.82) is 0 Å². The van der Waals surface area contributed by atoms with Crippen molar-refractivity contribution >= 4 is 34.7 Å². The van der Waals surface area contributed by atoms with Gasteiger partial charge in [-0.05, 0) is 32.1 Å². The number of hydrogen-bond acceptors (Lipinski definition) is 8. The molecule has 184 valence electrons. The molecule has 0 saturated carbocycles. The lowest BCUT2D eigenvalue weighted by Crippen LogP contribution is -2.50. The highest BCUT2D eigenvalue weighted by molar-refractivity contribution is 7.80. The predicted octanol–water partition coefficient (Wildman–Crippen LogP) is 4.19. The second-order valence-electron chi connectivity index (χ2n) is 7.95. The molecule has 9 nitrogen and oxygen atoms in total. The van der Waals surface area contributed by atoms with Crippen molar-refractivity contribution in [3.63, 3.8) is 0 Å². The molecule has 0 bridgehead atoms. The van der Waals surface area contributed by atoms with Gasteiger partial charge in [0.05, 0.1) is 21.3 Å². The van der Waals surface area contributed by atoms with Gasteiger partial charge >= 0.3 is 6.03 Å². The van der Waals surface area contributed by atoms with Gasteiger partial charge < -0.3 is 34.1 Å². The highest BCUT2D eigenvalue weighted by Crippen LogP contribution is 2.31. The van der Waals surface area contributed by atoms with Crippen molar-refractivity contribution in [1.82, 2.24) is 9.88 Å². The topological polar surface area (TPSA) is 85.4 Å². The van der Waals surface area contributed by atoms with Gasteiger partial charge in [-0.3, -0.25) is 0 Å².